The summed E-state index contributed by atoms with van der Waals surface area (Å²) in [5.74, 6) is 0.844. The first kappa shape index (κ1) is 17.5. The number of amides is 1. The molecule has 1 aliphatic heterocycles. The van der Waals surface area contributed by atoms with Crippen molar-refractivity contribution in [1.29, 1.82) is 0 Å². The van der Waals surface area contributed by atoms with Crippen molar-refractivity contribution in [3.63, 3.8) is 0 Å². The van der Waals surface area contributed by atoms with Crippen molar-refractivity contribution in [2.24, 2.45) is 0 Å². The van der Waals surface area contributed by atoms with Crippen LogP contribution in [0.15, 0.2) is 41.1 Å². The number of hydrogen-bond acceptors (Lipinski definition) is 4. The minimum Gasteiger partial charge on any atom is -0.356 e. The molecule has 1 aromatic carbocycles. The predicted octanol–water partition coefficient (Wildman–Crippen LogP) is 3.98. The van der Waals surface area contributed by atoms with Gasteiger partial charge in [0.25, 0.3) is 0 Å². The Bertz CT molecular complexity index is 943. The maximum Gasteiger partial charge on any atom is 0.227 e. The van der Waals surface area contributed by atoms with Gasteiger partial charge in [-0.1, -0.05) is 29.4 Å². The number of carbonyl (C=O) groups excluding carboxylic acids is 1. The lowest BCUT2D eigenvalue weighted by molar-refractivity contribution is -0.134. The zero-order valence-electron chi connectivity index (χ0n) is 15.7. The van der Waals surface area contributed by atoms with Crippen LogP contribution in [0.5, 0.6) is 0 Å². The number of carbonyl (C=O) groups is 1. The van der Waals surface area contributed by atoms with E-state index < -0.39 is 0 Å². The van der Waals surface area contributed by atoms with Crippen molar-refractivity contribution in [2.45, 2.75) is 45.6 Å². The fraction of sp³-hybridized carbons (Fsp3) is 0.381. The van der Waals surface area contributed by atoms with Gasteiger partial charge in [-0.05, 0) is 44.2 Å². The third-order valence-electron chi connectivity index (χ3n) is 5.32. The molecule has 6 nitrogen and oxygen atoms in total. The lowest BCUT2D eigenvalue weighted by atomic mass is 9.95. The minimum atomic E-state index is -0.0156. The molecule has 0 radical (unpaired) electrons. The normalized spacial score (nSPS) is 17.3. The highest BCUT2D eigenvalue weighted by atomic mass is 16.5. The van der Waals surface area contributed by atoms with Crippen molar-refractivity contribution in [3.8, 4) is 11.3 Å². The Morgan fingerprint density at radius 2 is 2.15 bits per heavy atom. The van der Waals surface area contributed by atoms with E-state index in [1.807, 2.05) is 36.1 Å². The van der Waals surface area contributed by atoms with Crippen molar-refractivity contribution < 1.29 is 9.32 Å². The molecule has 3 aromatic rings. The molecule has 1 saturated heterocycles. The summed E-state index contributed by atoms with van der Waals surface area (Å²) in [6.07, 6.45) is 5.22. The van der Waals surface area contributed by atoms with Gasteiger partial charge in [-0.3, -0.25) is 9.89 Å². The van der Waals surface area contributed by atoms with Crippen LogP contribution in [-0.2, 0) is 11.2 Å². The van der Waals surface area contributed by atoms with E-state index in [0.29, 0.717) is 12.2 Å². The molecule has 1 fully saturated rings. The van der Waals surface area contributed by atoms with Gasteiger partial charge in [0, 0.05) is 12.6 Å². The Labute approximate surface area is 158 Å². The van der Waals surface area contributed by atoms with Gasteiger partial charge in [0.05, 0.1) is 35.6 Å². The second kappa shape index (κ2) is 7.39. The van der Waals surface area contributed by atoms with Crippen LogP contribution in [0.2, 0.25) is 0 Å². The number of nitrogens with one attached hydrogen (secondary N) is 1. The van der Waals surface area contributed by atoms with Crippen molar-refractivity contribution >= 4 is 5.91 Å². The zero-order valence-corrected chi connectivity index (χ0v) is 15.7. The maximum atomic E-state index is 13.1. The first-order valence-electron chi connectivity index (χ1n) is 9.44. The van der Waals surface area contributed by atoms with Crippen LogP contribution in [0.3, 0.4) is 0 Å². The van der Waals surface area contributed by atoms with E-state index in [9.17, 15) is 4.79 Å². The van der Waals surface area contributed by atoms with Crippen LogP contribution in [0.4, 0.5) is 0 Å². The van der Waals surface area contributed by atoms with E-state index in [2.05, 4.69) is 28.3 Å². The number of benzene rings is 1. The highest BCUT2D eigenvalue weighted by Crippen LogP contribution is 2.36. The number of aromatic amines is 1. The third kappa shape index (κ3) is 3.52. The summed E-state index contributed by atoms with van der Waals surface area (Å²) in [5, 5.41) is 11.3. The number of aromatic nitrogens is 3. The first-order valence-corrected chi connectivity index (χ1v) is 9.44. The Morgan fingerprint density at radius 3 is 2.93 bits per heavy atom. The average Bonchev–Trinajstić information content (AvgIpc) is 3.32. The first-order chi connectivity index (χ1) is 13.1. The Balaban J connectivity index is 1.61. The van der Waals surface area contributed by atoms with E-state index in [-0.39, 0.29) is 11.9 Å². The predicted molar refractivity (Wildman–Crippen MR) is 102 cm³/mol. The van der Waals surface area contributed by atoms with Crippen LogP contribution in [-0.4, -0.2) is 32.7 Å². The number of nitrogens with zero attached hydrogens (tertiary/aromatic N) is 3. The van der Waals surface area contributed by atoms with Crippen LogP contribution < -0.4 is 0 Å². The quantitative estimate of drug-likeness (QED) is 0.760. The number of rotatable bonds is 4. The molecule has 1 N–H and O–H groups in total. The summed E-state index contributed by atoms with van der Waals surface area (Å²) in [7, 11) is 0. The van der Waals surface area contributed by atoms with Crippen LogP contribution in [0.25, 0.3) is 11.3 Å². The lowest BCUT2D eigenvalue weighted by Crippen LogP contribution is -2.39. The van der Waals surface area contributed by atoms with E-state index in [1.165, 1.54) is 0 Å². The van der Waals surface area contributed by atoms with E-state index in [1.54, 1.807) is 6.20 Å². The Hall–Kier alpha value is -2.89. The summed E-state index contributed by atoms with van der Waals surface area (Å²) in [4.78, 5) is 15.1. The van der Waals surface area contributed by atoms with Gasteiger partial charge in [-0.25, -0.2) is 0 Å². The SMILES string of the molecule is Cc1cc(-c2cn[nH]c2[C@@H]2CCCCN2C(=O)Cc2ccccc2C)on1. The van der Waals surface area contributed by atoms with Crippen LogP contribution in [0, 0.1) is 13.8 Å². The molecule has 0 bridgehead atoms. The Kier molecular flexibility index (Phi) is 4.79. The third-order valence-corrected chi connectivity index (χ3v) is 5.32. The highest BCUT2D eigenvalue weighted by molar-refractivity contribution is 5.80. The van der Waals surface area contributed by atoms with Gasteiger partial charge in [0.1, 0.15) is 0 Å². The number of piperidine rings is 1. The number of likely N-dealkylation sites (tertiary alicyclic amines) is 1. The molecular formula is C21H24N4O2. The van der Waals surface area contributed by atoms with Gasteiger partial charge in [-0.2, -0.15) is 5.10 Å². The Morgan fingerprint density at radius 1 is 1.30 bits per heavy atom. The summed E-state index contributed by atoms with van der Waals surface area (Å²) in [6.45, 7) is 4.71. The van der Waals surface area contributed by atoms with Crippen molar-refractivity contribution in [3.05, 3.63) is 59.0 Å². The highest BCUT2D eigenvalue weighted by Gasteiger charge is 2.31. The van der Waals surface area contributed by atoms with Crippen LogP contribution >= 0.6 is 0 Å². The molecule has 0 saturated carbocycles. The molecule has 4 rings (SSSR count). The summed E-state index contributed by atoms with van der Waals surface area (Å²) in [5.41, 5.74) is 4.88. The molecule has 1 aliphatic rings. The number of aryl methyl sites for hydroxylation is 2. The fourth-order valence-corrected chi connectivity index (χ4v) is 3.84. The standard InChI is InChI=1S/C21H24N4O2/c1-14-7-3-4-8-16(14)12-20(26)25-10-6-5-9-18(25)21-17(13-22-23-21)19-11-15(2)24-27-19/h3-4,7-8,11,13,18H,5-6,9-10,12H2,1-2H3,(H,22,23)/t18-/m0/s1. The molecule has 1 amide bonds. The van der Waals surface area contributed by atoms with Crippen molar-refractivity contribution in [2.75, 3.05) is 6.54 Å². The molecule has 6 heteroatoms. The average molecular weight is 364 g/mol. The fourth-order valence-electron chi connectivity index (χ4n) is 3.84. The maximum absolute atomic E-state index is 13.1. The molecule has 0 unspecified atom stereocenters. The second-order valence-corrected chi connectivity index (χ2v) is 7.23. The molecular weight excluding hydrogens is 340 g/mol. The monoisotopic (exact) mass is 364 g/mol. The second-order valence-electron chi connectivity index (χ2n) is 7.23. The largest absolute Gasteiger partial charge is 0.356 e. The topological polar surface area (TPSA) is 75.0 Å². The van der Waals surface area contributed by atoms with E-state index in [0.717, 1.165) is 53.9 Å². The minimum absolute atomic E-state index is 0.0156. The molecule has 27 heavy (non-hydrogen) atoms. The molecule has 0 spiro atoms. The lowest BCUT2D eigenvalue weighted by Gasteiger charge is -2.35. The number of hydrogen-bond donors (Lipinski definition) is 1. The smallest absolute Gasteiger partial charge is 0.227 e. The zero-order chi connectivity index (χ0) is 18.8. The number of H-pyrrole nitrogens is 1. The van der Waals surface area contributed by atoms with Gasteiger partial charge < -0.3 is 9.42 Å². The molecule has 3 heterocycles. The van der Waals surface area contributed by atoms with Gasteiger partial charge in [0.2, 0.25) is 5.91 Å². The summed E-state index contributed by atoms with van der Waals surface area (Å²) >= 11 is 0. The van der Waals surface area contributed by atoms with Crippen molar-refractivity contribution in [1.82, 2.24) is 20.3 Å². The summed E-state index contributed by atoms with van der Waals surface area (Å²) in [6, 6.07) is 9.96. The molecule has 2 aromatic heterocycles. The summed E-state index contributed by atoms with van der Waals surface area (Å²) < 4.78 is 5.43. The van der Waals surface area contributed by atoms with Gasteiger partial charge in [0.15, 0.2) is 5.76 Å². The van der Waals surface area contributed by atoms with Crippen LogP contribution in [0.1, 0.15) is 47.8 Å². The molecule has 140 valence electrons. The molecule has 0 aliphatic carbocycles. The van der Waals surface area contributed by atoms with E-state index >= 15 is 0 Å². The van der Waals surface area contributed by atoms with Gasteiger partial charge >= 0.3 is 0 Å². The van der Waals surface area contributed by atoms with E-state index in [4.69, 9.17) is 4.52 Å². The van der Waals surface area contributed by atoms with Gasteiger partial charge in [-0.15, -0.1) is 0 Å². The molecule has 1 atom stereocenters.